The molecule has 1 aromatic heterocycles. The molecule has 1 aromatic carbocycles. The standard InChI is InChI=1S/C12H11F3N2/c1-6-7(2)17-10-4-3-8(12(13,14)15)5-9(10)11(6)16/h3-5H,1-2H3,(H2,16,17). The number of nitrogens with zero attached hydrogens (tertiary/aromatic N) is 1. The Morgan fingerprint density at radius 1 is 1.18 bits per heavy atom. The third kappa shape index (κ3) is 1.92. The number of benzene rings is 1. The number of pyridine rings is 1. The zero-order valence-corrected chi connectivity index (χ0v) is 9.39. The third-order valence-electron chi connectivity index (χ3n) is 2.85. The molecule has 0 aliphatic heterocycles. The quantitative estimate of drug-likeness (QED) is 0.765. The summed E-state index contributed by atoms with van der Waals surface area (Å²) >= 11 is 0. The molecular weight excluding hydrogens is 229 g/mol. The van der Waals surface area contributed by atoms with Crippen LogP contribution in [0.5, 0.6) is 0 Å². The molecule has 1 heterocycles. The van der Waals surface area contributed by atoms with Crippen LogP contribution in [0.15, 0.2) is 18.2 Å². The summed E-state index contributed by atoms with van der Waals surface area (Å²) < 4.78 is 37.7. The second-order valence-electron chi connectivity index (χ2n) is 3.97. The van der Waals surface area contributed by atoms with E-state index >= 15 is 0 Å². The van der Waals surface area contributed by atoms with E-state index in [-0.39, 0.29) is 0 Å². The van der Waals surface area contributed by atoms with Crippen molar-refractivity contribution in [2.75, 3.05) is 5.73 Å². The third-order valence-corrected chi connectivity index (χ3v) is 2.85. The Balaban J connectivity index is 2.78. The van der Waals surface area contributed by atoms with Gasteiger partial charge < -0.3 is 5.73 Å². The van der Waals surface area contributed by atoms with Crippen molar-refractivity contribution >= 4 is 16.6 Å². The first-order chi connectivity index (χ1) is 7.80. The van der Waals surface area contributed by atoms with Crippen molar-refractivity contribution in [3.05, 3.63) is 35.0 Å². The largest absolute Gasteiger partial charge is 0.416 e. The molecule has 0 saturated heterocycles. The highest BCUT2D eigenvalue weighted by Crippen LogP contribution is 2.33. The Hall–Kier alpha value is -1.78. The lowest BCUT2D eigenvalue weighted by molar-refractivity contribution is -0.137. The Morgan fingerprint density at radius 3 is 2.41 bits per heavy atom. The number of aryl methyl sites for hydroxylation is 1. The Labute approximate surface area is 96.3 Å². The van der Waals surface area contributed by atoms with E-state index in [2.05, 4.69) is 4.98 Å². The van der Waals surface area contributed by atoms with Crippen molar-refractivity contribution in [1.82, 2.24) is 4.98 Å². The number of halogens is 3. The number of aromatic nitrogens is 1. The van der Waals surface area contributed by atoms with E-state index in [0.717, 1.165) is 23.4 Å². The van der Waals surface area contributed by atoms with Crippen LogP contribution >= 0.6 is 0 Å². The number of nitrogens with two attached hydrogens (primary N) is 1. The van der Waals surface area contributed by atoms with E-state index in [4.69, 9.17) is 5.73 Å². The van der Waals surface area contributed by atoms with Crippen LogP contribution in [0.4, 0.5) is 18.9 Å². The van der Waals surface area contributed by atoms with Crippen molar-refractivity contribution in [2.24, 2.45) is 0 Å². The highest BCUT2D eigenvalue weighted by molar-refractivity contribution is 5.92. The van der Waals surface area contributed by atoms with E-state index in [1.807, 2.05) is 0 Å². The van der Waals surface area contributed by atoms with Crippen LogP contribution in [-0.4, -0.2) is 4.98 Å². The van der Waals surface area contributed by atoms with Crippen LogP contribution in [0.3, 0.4) is 0 Å². The number of alkyl halides is 3. The SMILES string of the molecule is Cc1nc2ccc(C(F)(F)F)cc2c(N)c1C. The number of hydrogen-bond acceptors (Lipinski definition) is 2. The molecule has 2 nitrogen and oxygen atoms in total. The zero-order valence-electron chi connectivity index (χ0n) is 9.39. The molecule has 0 amide bonds. The second-order valence-corrected chi connectivity index (χ2v) is 3.97. The van der Waals surface area contributed by atoms with E-state index < -0.39 is 11.7 Å². The van der Waals surface area contributed by atoms with Gasteiger partial charge in [-0.1, -0.05) is 0 Å². The van der Waals surface area contributed by atoms with Crippen LogP contribution in [0.1, 0.15) is 16.8 Å². The lowest BCUT2D eigenvalue weighted by Crippen LogP contribution is -2.05. The molecule has 2 aromatic rings. The van der Waals surface area contributed by atoms with Gasteiger partial charge in [0.1, 0.15) is 0 Å². The van der Waals surface area contributed by atoms with Crippen LogP contribution in [-0.2, 0) is 6.18 Å². The molecule has 2 rings (SSSR count). The highest BCUT2D eigenvalue weighted by atomic mass is 19.4. The molecule has 17 heavy (non-hydrogen) atoms. The Morgan fingerprint density at radius 2 is 1.82 bits per heavy atom. The Bertz CT molecular complexity index is 588. The predicted octanol–water partition coefficient (Wildman–Crippen LogP) is 3.45. The van der Waals surface area contributed by atoms with Gasteiger partial charge in [-0.15, -0.1) is 0 Å². The molecule has 0 aliphatic rings. The van der Waals surface area contributed by atoms with Crippen molar-refractivity contribution in [3.63, 3.8) is 0 Å². The summed E-state index contributed by atoms with van der Waals surface area (Å²) in [5, 5.41) is 0.350. The maximum Gasteiger partial charge on any atom is 0.416 e. The smallest absolute Gasteiger partial charge is 0.398 e. The maximum absolute atomic E-state index is 12.6. The summed E-state index contributed by atoms with van der Waals surface area (Å²) in [5.74, 6) is 0. The number of hydrogen-bond donors (Lipinski definition) is 1. The second kappa shape index (κ2) is 3.61. The van der Waals surface area contributed by atoms with E-state index in [1.54, 1.807) is 13.8 Å². The van der Waals surface area contributed by atoms with Crippen molar-refractivity contribution in [3.8, 4) is 0 Å². The minimum absolute atomic E-state index is 0.350. The fourth-order valence-electron chi connectivity index (χ4n) is 1.69. The van der Waals surface area contributed by atoms with Gasteiger partial charge in [0.15, 0.2) is 0 Å². The van der Waals surface area contributed by atoms with Crippen LogP contribution in [0.25, 0.3) is 10.9 Å². The molecule has 0 unspecified atom stereocenters. The molecule has 0 aliphatic carbocycles. The van der Waals surface area contributed by atoms with Crippen LogP contribution in [0, 0.1) is 13.8 Å². The van der Waals surface area contributed by atoms with E-state index in [1.165, 1.54) is 6.07 Å². The number of fused-ring (bicyclic) bond motifs is 1. The Kier molecular flexibility index (Phi) is 2.49. The predicted molar refractivity (Wildman–Crippen MR) is 60.6 cm³/mol. The summed E-state index contributed by atoms with van der Waals surface area (Å²) in [6.07, 6.45) is -4.36. The average molecular weight is 240 g/mol. The van der Waals surface area contributed by atoms with Gasteiger partial charge in [0.2, 0.25) is 0 Å². The first-order valence-corrected chi connectivity index (χ1v) is 5.04. The van der Waals surface area contributed by atoms with Gasteiger partial charge in [0.05, 0.1) is 11.1 Å². The van der Waals surface area contributed by atoms with Gasteiger partial charge >= 0.3 is 6.18 Å². The van der Waals surface area contributed by atoms with Gasteiger partial charge in [-0.05, 0) is 37.6 Å². The summed E-state index contributed by atoms with van der Waals surface area (Å²) in [4.78, 5) is 4.21. The minimum atomic E-state index is -4.36. The monoisotopic (exact) mass is 240 g/mol. The van der Waals surface area contributed by atoms with E-state index in [9.17, 15) is 13.2 Å². The fourth-order valence-corrected chi connectivity index (χ4v) is 1.69. The number of nitrogen functional groups attached to an aromatic ring is 1. The molecule has 2 N–H and O–H groups in total. The topological polar surface area (TPSA) is 38.9 Å². The molecule has 0 fully saturated rings. The summed E-state index contributed by atoms with van der Waals surface area (Å²) in [6.45, 7) is 3.53. The summed E-state index contributed by atoms with van der Waals surface area (Å²) in [7, 11) is 0. The maximum atomic E-state index is 12.6. The van der Waals surface area contributed by atoms with Gasteiger partial charge in [0, 0.05) is 16.8 Å². The first kappa shape index (κ1) is 11.7. The normalized spacial score (nSPS) is 12.1. The molecule has 0 radical (unpaired) electrons. The molecule has 0 saturated carbocycles. The lowest BCUT2D eigenvalue weighted by Gasteiger charge is -2.11. The highest BCUT2D eigenvalue weighted by Gasteiger charge is 2.30. The summed E-state index contributed by atoms with van der Waals surface area (Å²) in [6, 6.07) is 3.41. The van der Waals surface area contributed by atoms with Crippen molar-refractivity contribution < 1.29 is 13.2 Å². The molecule has 0 bridgehead atoms. The van der Waals surface area contributed by atoms with Crippen LogP contribution in [0.2, 0.25) is 0 Å². The molecular formula is C12H11F3N2. The van der Waals surface area contributed by atoms with Crippen molar-refractivity contribution in [1.29, 1.82) is 0 Å². The number of rotatable bonds is 0. The van der Waals surface area contributed by atoms with E-state index in [0.29, 0.717) is 16.6 Å². The average Bonchev–Trinajstić information content (AvgIpc) is 2.24. The minimum Gasteiger partial charge on any atom is -0.398 e. The van der Waals surface area contributed by atoms with Gasteiger partial charge in [0.25, 0.3) is 0 Å². The number of anilines is 1. The van der Waals surface area contributed by atoms with Gasteiger partial charge in [-0.2, -0.15) is 13.2 Å². The molecule has 0 atom stereocenters. The van der Waals surface area contributed by atoms with Gasteiger partial charge in [-0.25, -0.2) is 0 Å². The first-order valence-electron chi connectivity index (χ1n) is 5.04. The summed E-state index contributed by atoms with van der Waals surface area (Å²) in [5.41, 5.74) is 7.41. The van der Waals surface area contributed by atoms with Crippen molar-refractivity contribution in [2.45, 2.75) is 20.0 Å². The molecule has 5 heteroatoms. The fraction of sp³-hybridized carbons (Fsp3) is 0.250. The molecule has 90 valence electrons. The van der Waals surface area contributed by atoms with Crippen LogP contribution < -0.4 is 5.73 Å². The molecule has 0 spiro atoms. The zero-order chi connectivity index (χ0) is 12.8. The van der Waals surface area contributed by atoms with Gasteiger partial charge in [-0.3, -0.25) is 4.98 Å². The lowest BCUT2D eigenvalue weighted by atomic mass is 10.1.